The number of hydrogen-bond acceptors (Lipinski definition) is 5. The molecule has 0 atom stereocenters. The number of pyridine rings is 2. The average Bonchev–Trinajstić information content (AvgIpc) is 3.37. The van der Waals surface area contributed by atoms with Crippen molar-refractivity contribution < 1.29 is 9.53 Å². The van der Waals surface area contributed by atoms with Gasteiger partial charge in [0.15, 0.2) is 5.65 Å². The predicted octanol–water partition coefficient (Wildman–Crippen LogP) is 2.67. The maximum atomic E-state index is 12.6. The number of fused-ring (bicyclic) bond motifs is 2. The van der Waals surface area contributed by atoms with E-state index in [0.29, 0.717) is 18.2 Å². The summed E-state index contributed by atoms with van der Waals surface area (Å²) in [5.41, 5.74) is 4.84. The van der Waals surface area contributed by atoms with Crippen LogP contribution in [0, 0.1) is 6.92 Å². The Morgan fingerprint density at radius 2 is 2.14 bits per heavy atom. The molecule has 0 unspecified atom stereocenters. The Bertz CT molecular complexity index is 1190. The van der Waals surface area contributed by atoms with Gasteiger partial charge in [-0.3, -0.25) is 4.79 Å². The lowest BCUT2D eigenvalue weighted by molar-refractivity contribution is 0.0704. The minimum atomic E-state index is -0.186. The molecular weight excluding hydrogens is 368 g/mol. The Morgan fingerprint density at radius 3 is 2.97 bits per heavy atom. The van der Waals surface area contributed by atoms with Crippen molar-refractivity contribution in [3.63, 3.8) is 0 Å². The van der Waals surface area contributed by atoms with Gasteiger partial charge in [-0.15, -0.1) is 0 Å². The van der Waals surface area contributed by atoms with Crippen LogP contribution in [0.1, 0.15) is 40.5 Å². The highest BCUT2D eigenvalue weighted by molar-refractivity contribution is 5.96. The molecule has 5 rings (SSSR count). The lowest BCUT2D eigenvalue weighted by Crippen LogP contribution is -2.23. The van der Waals surface area contributed by atoms with Crippen LogP contribution >= 0.6 is 0 Å². The van der Waals surface area contributed by atoms with E-state index in [1.807, 2.05) is 42.2 Å². The van der Waals surface area contributed by atoms with E-state index in [0.717, 1.165) is 54.1 Å². The number of carbonyl (C=O) groups excluding carboxylic acids is 1. The van der Waals surface area contributed by atoms with Crippen LogP contribution in [0.3, 0.4) is 0 Å². The van der Waals surface area contributed by atoms with Crippen molar-refractivity contribution in [1.29, 1.82) is 0 Å². The molecule has 0 bridgehead atoms. The first-order valence-corrected chi connectivity index (χ1v) is 9.81. The van der Waals surface area contributed by atoms with E-state index in [1.54, 1.807) is 12.3 Å². The summed E-state index contributed by atoms with van der Waals surface area (Å²) in [5.74, 6) is -0.186. The van der Waals surface area contributed by atoms with E-state index in [4.69, 9.17) is 4.74 Å². The van der Waals surface area contributed by atoms with Crippen LogP contribution in [0.5, 0.6) is 0 Å². The number of nitrogens with zero attached hydrogens (tertiary/aromatic N) is 5. The van der Waals surface area contributed by atoms with E-state index < -0.39 is 0 Å². The number of carbonyl (C=O) groups is 1. The first-order chi connectivity index (χ1) is 14.2. The molecule has 5 heterocycles. The Balaban J connectivity index is 1.32. The normalized spacial score (nSPS) is 15.2. The third kappa shape index (κ3) is 3.36. The van der Waals surface area contributed by atoms with Crippen molar-refractivity contribution in [3.8, 4) is 0 Å². The molecule has 29 heavy (non-hydrogen) atoms. The van der Waals surface area contributed by atoms with Crippen molar-refractivity contribution in [1.82, 2.24) is 29.2 Å². The highest BCUT2D eigenvalue weighted by Crippen LogP contribution is 2.24. The van der Waals surface area contributed by atoms with Gasteiger partial charge >= 0.3 is 0 Å². The third-order valence-corrected chi connectivity index (χ3v) is 5.42. The van der Waals surface area contributed by atoms with Crippen LogP contribution in [-0.2, 0) is 11.3 Å². The topological polar surface area (TPSA) is 86.3 Å². The smallest absolute Gasteiger partial charge is 0.253 e. The number of ether oxygens (including phenoxy) is 1. The summed E-state index contributed by atoms with van der Waals surface area (Å²) in [4.78, 5) is 26.2. The Labute approximate surface area is 167 Å². The van der Waals surface area contributed by atoms with Crippen molar-refractivity contribution >= 4 is 22.7 Å². The number of imidazole rings is 2. The molecule has 1 aliphatic heterocycles. The summed E-state index contributed by atoms with van der Waals surface area (Å²) in [6.45, 7) is 3.89. The zero-order valence-corrected chi connectivity index (χ0v) is 16.2. The summed E-state index contributed by atoms with van der Waals surface area (Å²) in [7, 11) is 0. The molecule has 4 aromatic heterocycles. The Morgan fingerprint density at radius 1 is 1.28 bits per heavy atom. The molecule has 0 aromatic carbocycles. The zero-order chi connectivity index (χ0) is 19.8. The van der Waals surface area contributed by atoms with Crippen molar-refractivity contribution in [2.75, 3.05) is 13.2 Å². The minimum absolute atomic E-state index is 0.186. The Kier molecular flexibility index (Phi) is 4.48. The van der Waals surface area contributed by atoms with Crippen LogP contribution < -0.4 is 5.32 Å². The molecule has 1 saturated heterocycles. The molecule has 0 saturated carbocycles. The van der Waals surface area contributed by atoms with Crippen LogP contribution in [-0.4, -0.2) is 43.0 Å². The van der Waals surface area contributed by atoms with Gasteiger partial charge in [-0.1, -0.05) is 6.07 Å². The molecule has 0 spiro atoms. The van der Waals surface area contributed by atoms with E-state index in [9.17, 15) is 4.79 Å². The van der Waals surface area contributed by atoms with Crippen molar-refractivity contribution in [2.45, 2.75) is 32.4 Å². The molecule has 8 heteroatoms. The maximum Gasteiger partial charge on any atom is 0.253 e. The first kappa shape index (κ1) is 17.8. The second-order valence-electron chi connectivity index (χ2n) is 7.40. The van der Waals surface area contributed by atoms with Crippen LogP contribution in [0.2, 0.25) is 0 Å². The van der Waals surface area contributed by atoms with Gasteiger partial charge in [0.25, 0.3) is 5.91 Å². The highest BCUT2D eigenvalue weighted by atomic mass is 16.5. The van der Waals surface area contributed by atoms with E-state index in [-0.39, 0.29) is 5.91 Å². The fraction of sp³-hybridized carbons (Fsp3) is 0.333. The zero-order valence-electron chi connectivity index (χ0n) is 16.2. The molecule has 8 nitrogen and oxygen atoms in total. The third-order valence-electron chi connectivity index (χ3n) is 5.42. The standard InChI is InChI=1S/C21H22N6O2/c1-14-3-2-6-26-12-16(25-19(14)26)11-23-21(28)15-9-18-20(22-10-15)27(13-24-18)17-4-7-29-8-5-17/h2-3,6,9-10,12-13,17H,4-5,7-8,11H2,1H3,(H,23,28). The second-order valence-corrected chi connectivity index (χ2v) is 7.40. The molecule has 0 aliphatic carbocycles. The number of aromatic nitrogens is 5. The number of hydrogen-bond donors (Lipinski definition) is 1. The SMILES string of the molecule is Cc1cccn2cc(CNC(=O)c3cnc4c(c3)ncn4C3CCOCC3)nc12. The van der Waals surface area contributed by atoms with E-state index >= 15 is 0 Å². The Hall–Kier alpha value is -3.26. The van der Waals surface area contributed by atoms with Gasteiger partial charge in [0, 0.05) is 37.8 Å². The van der Waals surface area contributed by atoms with Gasteiger partial charge in [-0.25, -0.2) is 15.0 Å². The van der Waals surface area contributed by atoms with Gasteiger partial charge in [-0.05, 0) is 37.5 Å². The summed E-state index contributed by atoms with van der Waals surface area (Å²) in [6, 6.07) is 6.14. The summed E-state index contributed by atoms with van der Waals surface area (Å²) in [5, 5.41) is 2.92. The van der Waals surface area contributed by atoms with Crippen molar-refractivity contribution in [2.24, 2.45) is 0 Å². The predicted molar refractivity (Wildman–Crippen MR) is 108 cm³/mol. The molecule has 4 aromatic rings. The monoisotopic (exact) mass is 390 g/mol. The number of nitrogens with one attached hydrogen (secondary N) is 1. The second kappa shape index (κ2) is 7.29. The molecular formula is C21H22N6O2. The number of amides is 1. The largest absolute Gasteiger partial charge is 0.381 e. The van der Waals surface area contributed by atoms with E-state index in [2.05, 4.69) is 24.8 Å². The molecule has 1 fully saturated rings. The lowest BCUT2D eigenvalue weighted by atomic mass is 10.1. The van der Waals surface area contributed by atoms with Crippen LogP contribution in [0.25, 0.3) is 16.8 Å². The van der Waals surface area contributed by atoms with Crippen LogP contribution in [0.4, 0.5) is 0 Å². The number of aryl methyl sites for hydroxylation is 1. The van der Waals surface area contributed by atoms with Crippen molar-refractivity contribution in [3.05, 3.63) is 59.9 Å². The van der Waals surface area contributed by atoms with Crippen LogP contribution in [0.15, 0.2) is 43.1 Å². The molecule has 1 N–H and O–H groups in total. The fourth-order valence-electron chi connectivity index (χ4n) is 3.84. The quantitative estimate of drug-likeness (QED) is 0.579. The van der Waals surface area contributed by atoms with Gasteiger partial charge in [-0.2, -0.15) is 0 Å². The summed E-state index contributed by atoms with van der Waals surface area (Å²) >= 11 is 0. The first-order valence-electron chi connectivity index (χ1n) is 9.81. The minimum Gasteiger partial charge on any atom is -0.381 e. The van der Waals surface area contributed by atoms with Gasteiger partial charge in [0.2, 0.25) is 0 Å². The van der Waals surface area contributed by atoms with Gasteiger partial charge in [0.1, 0.15) is 11.2 Å². The van der Waals surface area contributed by atoms with Gasteiger partial charge in [0.05, 0.1) is 24.1 Å². The summed E-state index contributed by atoms with van der Waals surface area (Å²) in [6.07, 6.45) is 9.21. The number of rotatable bonds is 4. The molecule has 1 aliphatic rings. The molecule has 0 radical (unpaired) electrons. The summed E-state index contributed by atoms with van der Waals surface area (Å²) < 4.78 is 9.50. The fourth-order valence-corrected chi connectivity index (χ4v) is 3.84. The molecule has 148 valence electrons. The maximum absolute atomic E-state index is 12.6. The average molecular weight is 390 g/mol. The van der Waals surface area contributed by atoms with Gasteiger partial charge < -0.3 is 19.0 Å². The lowest BCUT2D eigenvalue weighted by Gasteiger charge is -2.23. The highest BCUT2D eigenvalue weighted by Gasteiger charge is 2.19. The van der Waals surface area contributed by atoms with E-state index in [1.165, 1.54) is 0 Å². The molecule has 1 amide bonds.